The van der Waals surface area contributed by atoms with Gasteiger partial charge in [-0.15, -0.1) is 0 Å². The van der Waals surface area contributed by atoms with Gasteiger partial charge in [-0.25, -0.2) is 0 Å². The summed E-state index contributed by atoms with van der Waals surface area (Å²) in [6, 6.07) is 3.76. The summed E-state index contributed by atoms with van der Waals surface area (Å²) < 4.78 is 22.2. The second kappa shape index (κ2) is 17.1. The van der Waals surface area contributed by atoms with E-state index in [9.17, 15) is 19.2 Å². The molecule has 1 aliphatic rings. The normalized spacial score (nSPS) is 17.4. The molecule has 0 amide bonds. The summed E-state index contributed by atoms with van der Waals surface area (Å²) in [6.07, 6.45) is 5.76. The molecule has 0 spiro atoms. The molecule has 2 N–H and O–H groups in total. The Morgan fingerprint density at radius 3 is 1.90 bits per heavy atom. The zero-order chi connectivity index (χ0) is 30.5. The minimum atomic E-state index is -1.01. The Balaban J connectivity index is 2.05. The van der Waals surface area contributed by atoms with Crippen molar-refractivity contribution in [3.63, 3.8) is 0 Å². The first-order chi connectivity index (χ1) is 19.4. The topological polar surface area (TPSA) is 131 Å². The molecule has 0 bridgehead atoms. The maximum atomic E-state index is 12.8. The summed E-state index contributed by atoms with van der Waals surface area (Å²) >= 11 is 0. The van der Waals surface area contributed by atoms with Crippen molar-refractivity contribution in [1.82, 2.24) is 0 Å². The summed E-state index contributed by atoms with van der Waals surface area (Å²) in [6.45, 7) is 11.3. The van der Waals surface area contributed by atoms with Crippen molar-refractivity contribution in [2.45, 2.75) is 124 Å². The summed E-state index contributed by atoms with van der Waals surface area (Å²) in [7, 11) is 0. The maximum absolute atomic E-state index is 12.8. The third-order valence-corrected chi connectivity index (χ3v) is 7.84. The fourth-order valence-corrected chi connectivity index (χ4v) is 4.45. The van der Waals surface area contributed by atoms with Crippen LogP contribution in [0.4, 0.5) is 0 Å². The highest BCUT2D eigenvalue weighted by molar-refractivity contribution is 5.78. The number of carbonyl (C=O) groups excluding carboxylic acids is 4. The van der Waals surface area contributed by atoms with Crippen LogP contribution in [0.25, 0.3) is 0 Å². The van der Waals surface area contributed by atoms with Crippen LogP contribution in [-0.2, 0) is 35.1 Å². The van der Waals surface area contributed by atoms with Gasteiger partial charge in [-0.2, -0.15) is 0 Å². The smallest absolute Gasteiger partial charge is 0.323 e. The lowest BCUT2D eigenvalue weighted by Crippen LogP contribution is -2.40. The molecule has 0 radical (unpaired) electrons. The van der Waals surface area contributed by atoms with Crippen molar-refractivity contribution in [3.05, 3.63) is 23.8 Å². The number of ether oxygens (including phenoxy) is 4. The van der Waals surface area contributed by atoms with Gasteiger partial charge in [0.15, 0.2) is 11.5 Å². The van der Waals surface area contributed by atoms with Gasteiger partial charge in [-0.05, 0) is 62.6 Å². The Morgan fingerprint density at radius 2 is 1.34 bits per heavy atom. The van der Waals surface area contributed by atoms with E-state index in [1.54, 1.807) is 32.0 Å². The van der Waals surface area contributed by atoms with Crippen molar-refractivity contribution in [2.24, 2.45) is 23.5 Å². The van der Waals surface area contributed by atoms with E-state index in [0.717, 1.165) is 44.9 Å². The third-order valence-electron chi connectivity index (χ3n) is 7.84. The van der Waals surface area contributed by atoms with Crippen LogP contribution in [0.1, 0.15) is 105 Å². The van der Waals surface area contributed by atoms with Crippen LogP contribution in [0.3, 0.4) is 0 Å². The minimum absolute atomic E-state index is 0.0953. The highest BCUT2D eigenvalue weighted by Crippen LogP contribution is 2.31. The zero-order valence-electron chi connectivity index (χ0n) is 25.6. The van der Waals surface area contributed by atoms with E-state index < -0.39 is 36.2 Å². The van der Waals surface area contributed by atoms with Crippen LogP contribution in [0.5, 0.6) is 11.5 Å². The summed E-state index contributed by atoms with van der Waals surface area (Å²) in [5, 5.41) is 0. The predicted molar refractivity (Wildman–Crippen MR) is 155 cm³/mol. The average Bonchev–Trinajstić information content (AvgIpc) is 2.94. The molecule has 2 rings (SSSR count). The molecule has 230 valence electrons. The van der Waals surface area contributed by atoms with Crippen LogP contribution in [0.15, 0.2) is 18.2 Å². The molecule has 1 saturated carbocycles. The third kappa shape index (κ3) is 11.8. The molecule has 0 aromatic heterocycles. The van der Waals surface area contributed by atoms with Crippen molar-refractivity contribution in [2.75, 3.05) is 0 Å². The minimum Gasteiger partial charge on any atom is -0.459 e. The number of benzene rings is 1. The maximum Gasteiger partial charge on any atom is 0.323 e. The Kier molecular flexibility index (Phi) is 14.3. The van der Waals surface area contributed by atoms with E-state index in [-0.39, 0.29) is 54.5 Å². The van der Waals surface area contributed by atoms with Crippen molar-refractivity contribution in [1.29, 1.82) is 0 Å². The van der Waals surface area contributed by atoms with E-state index >= 15 is 0 Å². The Labute approximate surface area is 244 Å². The number of hydrogen-bond acceptors (Lipinski definition) is 9. The first-order valence-corrected chi connectivity index (χ1v) is 15.1. The first kappa shape index (κ1) is 34.3. The summed E-state index contributed by atoms with van der Waals surface area (Å²) in [5.74, 6) is -1.31. The van der Waals surface area contributed by atoms with Gasteiger partial charge in [0.25, 0.3) is 0 Å². The lowest BCUT2D eigenvalue weighted by Gasteiger charge is -2.26. The molecule has 41 heavy (non-hydrogen) atoms. The molecule has 1 fully saturated rings. The molecule has 0 heterocycles. The van der Waals surface area contributed by atoms with Crippen LogP contribution >= 0.6 is 0 Å². The van der Waals surface area contributed by atoms with E-state index in [0.29, 0.717) is 5.56 Å². The van der Waals surface area contributed by atoms with Crippen LogP contribution in [0, 0.1) is 17.8 Å². The van der Waals surface area contributed by atoms with Crippen molar-refractivity contribution in [3.8, 4) is 11.5 Å². The largest absolute Gasteiger partial charge is 0.459 e. The van der Waals surface area contributed by atoms with Gasteiger partial charge >= 0.3 is 23.9 Å². The van der Waals surface area contributed by atoms with E-state index in [4.69, 9.17) is 24.7 Å². The molecule has 1 aromatic rings. The number of hydrogen-bond donors (Lipinski definition) is 1. The predicted octanol–water partition coefficient (Wildman–Crippen LogP) is 5.68. The van der Waals surface area contributed by atoms with Gasteiger partial charge in [0.05, 0.1) is 5.92 Å². The number of esters is 4. The van der Waals surface area contributed by atoms with Gasteiger partial charge in [-0.1, -0.05) is 65.9 Å². The molecule has 9 heteroatoms. The highest BCUT2D eigenvalue weighted by atomic mass is 16.6. The summed E-state index contributed by atoms with van der Waals surface area (Å²) in [5.41, 5.74) is 6.77. The van der Waals surface area contributed by atoms with E-state index in [2.05, 4.69) is 0 Å². The Morgan fingerprint density at radius 1 is 0.805 bits per heavy atom. The van der Waals surface area contributed by atoms with Gasteiger partial charge in [0.2, 0.25) is 0 Å². The quantitative estimate of drug-likeness (QED) is 0.207. The zero-order valence-corrected chi connectivity index (χ0v) is 25.6. The number of carbonyl (C=O) groups is 4. The molecule has 5 atom stereocenters. The van der Waals surface area contributed by atoms with Crippen molar-refractivity contribution < 1.29 is 38.1 Å². The molecule has 0 saturated heterocycles. The second-order valence-electron chi connectivity index (χ2n) is 11.6. The van der Waals surface area contributed by atoms with Crippen LogP contribution in [-0.4, -0.2) is 42.1 Å². The summed E-state index contributed by atoms with van der Waals surface area (Å²) in [4.78, 5) is 50.2. The second-order valence-corrected chi connectivity index (χ2v) is 11.6. The molecule has 9 nitrogen and oxygen atoms in total. The number of rotatable bonds is 15. The van der Waals surface area contributed by atoms with Gasteiger partial charge in [-0.3, -0.25) is 19.2 Å². The Hall–Kier alpha value is -2.94. The van der Waals surface area contributed by atoms with E-state index in [1.165, 1.54) is 0 Å². The monoisotopic (exact) mass is 575 g/mol. The molecule has 0 aliphatic heterocycles. The fraction of sp³-hybridized carbons (Fsp3) is 0.688. The highest BCUT2D eigenvalue weighted by Gasteiger charge is 2.28. The van der Waals surface area contributed by atoms with Crippen LogP contribution in [0.2, 0.25) is 0 Å². The molecule has 1 aliphatic carbocycles. The van der Waals surface area contributed by atoms with Crippen LogP contribution < -0.4 is 15.2 Å². The van der Waals surface area contributed by atoms with Gasteiger partial charge < -0.3 is 24.7 Å². The standard InChI is InChI=1S/C32H49NO8/c1-7-20(3)16-29(34)40-27-15-14-24(19-28(27)41-30(35)17-21(4)8-2)18-26(33)32(37)39-23(6)22(5)38-31(36)25-12-10-9-11-13-25/h14-15,19-23,25-26H,7-13,16-18,33H2,1-6H3/t20?,21?,22-,23-,26-/m0/s1. The molecule has 2 unspecified atom stereocenters. The lowest BCUT2D eigenvalue weighted by atomic mass is 9.89. The fourth-order valence-electron chi connectivity index (χ4n) is 4.45. The first-order valence-electron chi connectivity index (χ1n) is 15.1. The van der Waals surface area contributed by atoms with Gasteiger partial charge in [0, 0.05) is 12.8 Å². The Bertz CT molecular complexity index is 1020. The van der Waals surface area contributed by atoms with Crippen molar-refractivity contribution >= 4 is 23.9 Å². The average molecular weight is 576 g/mol. The van der Waals surface area contributed by atoms with Gasteiger partial charge in [0.1, 0.15) is 18.2 Å². The number of nitrogens with two attached hydrogens (primary N) is 1. The molecular formula is C32H49NO8. The van der Waals surface area contributed by atoms with E-state index in [1.807, 2.05) is 27.7 Å². The molecule has 1 aromatic carbocycles. The SMILES string of the molecule is CCC(C)CC(=O)Oc1ccc(C[C@H](N)C(=O)O[C@@H](C)[C@H](C)OC(=O)C2CCCCC2)cc1OC(=O)CC(C)CC. The molecular weight excluding hydrogens is 526 g/mol. The lowest BCUT2D eigenvalue weighted by molar-refractivity contribution is -0.169.